The fraction of sp³-hybridized carbons (Fsp3) is 0.333. The number of nitrogens with two attached hydrogens (primary N) is 1. The molecule has 1 aromatic carbocycles. The van der Waals surface area contributed by atoms with Crippen LogP contribution in [-0.4, -0.2) is 24.4 Å². The first-order chi connectivity index (χ1) is 6.72. The van der Waals surface area contributed by atoms with Crippen LogP contribution in [0.25, 0.3) is 0 Å². The molecule has 0 saturated carbocycles. The molecule has 1 atom stereocenters. The second-order valence-corrected chi connectivity index (χ2v) is 3.19. The molecule has 0 aliphatic rings. The van der Waals surface area contributed by atoms with Crippen molar-refractivity contribution in [3.05, 3.63) is 29.3 Å². The summed E-state index contributed by atoms with van der Waals surface area (Å²) in [6, 6.07) is 6.86. The van der Waals surface area contributed by atoms with Crippen molar-refractivity contribution in [2.45, 2.75) is 6.10 Å². The van der Waals surface area contributed by atoms with Gasteiger partial charge in [-0.2, -0.15) is 0 Å². The highest BCUT2D eigenvalue weighted by Crippen LogP contribution is 2.15. The monoisotopic (exact) mass is 217 g/mol. The largest absolute Gasteiger partial charge is 0.491 e. The van der Waals surface area contributed by atoms with Crippen molar-refractivity contribution in [1.82, 2.24) is 0 Å². The third-order valence-corrected chi connectivity index (χ3v) is 1.80. The molecule has 1 aromatic rings. The standard InChI is InChI=1S/C9H12ClNO3/c10-7-1-3-9(4-2-7)13-5-8(12)6-14-11/h1-4,8,12H,5-6,11H2. The topological polar surface area (TPSA) is 64.7 Å². The SMILES string of the molecule is NOCC(O)COc1ccc(Cl)cc1. The first-order valence-electron chi connectivity index (χ1n) is 4.10. The number of aliphatic hydroxyl groups excluding tert-OH is 1. The molecule has 0 saturated heterocycles. The van der Waals surface area contributed by atoms with E-state index in [1.807, 2.05) is 0 Å². The van der Waals surface area contributed by atoms with Gasteiger partial charge in [-0.05, 0) is 24.3 Å². The number of ether oxygens (including phenoxy) is 1. The van der Waals surface area contributed by atoms with E-state index in [2.05, 4.69) is 4.84 Å². The highest BCUT2D eigenvalue weighted by Gasteiger charge is 2.04. The van der Waals surface area contributed by atoms with Gasteiger partial charge < -0.3 is 14.7 Å². The van der Waals surface area contributed by atoms with Crippen molar-refractivity contribution in [1.29, 1.82) is 0 Å². The van der Waals surface area contributed by atoms with Crippen LogP contribution in [0.15, 0.2) is 24.3 Å². The number of rotatable bonds is 5. The van der Waals surface area contributed by atoms with Crippen LogP contribution in [0.3, 0.4) is 0 Å². The smallest absolute Gasteiger partial charge is 0.119 e. The van der Waals surface area contributed by atoms with Gasteiger partial charge in [0.25, 0.3) is 0 Å². The zero-order chi connectivity index (χ0) is 10.4. The molecular formula is C9H12ClNO3. The average Bonchev–Trinajstić information content (AvgIpc) is 2.17. The van der Waals surface area contributed by atoms with E-state index < -0.39 is 6.10 Å². The van der Waals surface area contributed by atoms with E-state index in [9.17, 15) is 5.11 Å². The van der Waals surface area contributed by atoms with Crippen molar-refractivity contribution >= 4 is 11.6 Å². The maximum absolute atomic E-state index is 9.21. The molecule has 14 heavy (non-hydrogen) atoms. The van der Waals surface area contributed by atoms with Gasteiger partial charge in [0.2, 0.25) is 0 Å². The Labute approximate surface area is 87.1 Å². The first-order valence-corrected chi connectivity index (χ1v) is 4.48. The minimum Gasteiger partial charge on any atom is -0.491 e. The molecule has 0 amide bonds. The van der Waals surface area contributed by atoms with Gasteiger partial charge in [0, 0.05) is 5.02 Å². The summed E-state index contributed by atoms with van der Waals surface area (Å²) in [6.07, 6.45) is -0.726. The maximum Gasteiger partial charge on any atom is 0.119 e. The number of halogens is 1. The van der Waals surface area contributed by atoms with E-state index in [-0.39, 0.29) is 13.2 Å². The molecule has 1 unspecified atom stereocenters. The van der Waals surface area contributed by atoms with E-state index in [0.717, 1.165) is 0 Å². The van der Waals surface area contributed by atoms with Crippen molar-refractivity contribution in [3.8, 4) is 5.75 Å². The molecular weight excluding hydrogens is 206 g/mol. The van der Waals surface area contributed by atoms with Crippen LogP contribution in [-0.2, 0) is 4.84 Å². The van der Waals surface area contributed by atoms with E-state index in [1.165, 1.54) is 0 Å². The Morgan fingerprint density at radius 3 is 2.50 bits per heavy atom. The third kappa shape index (κ3) is 3.93. The van der Waals surface area contributed by atoms with Crippen LogP contribution in [0.5, 0.6) is 5.75 Å². The van der Waals surface area contributed by atoms with Gasteiger partial charge in [-0.3, -0.25) is 0 Å². The lowest BCUT2D eigenvalue weighted by Crippen LogP contribution is -2.24. The summed E-state index contributed by atoms with van der Waals surface area (Å²) in [5.74, 6) is 5.43. The Morgan fingerprint density at radius 1 is 1.29 bits per heavy atom. The number of hydrogen-bond acceptors (Lipinski definition) is 4. The summed E-state index contributed by atoms with van der Waals surface area (Å²) < 4.78 is 5.23. The highest BCUT2D eigenvalue weighted by atomic mass is 35.5. The Morgan fingerprint density at radius 2 is 1.93 bits per heavy atom. The van der Waals surface area contributed by atoms with Crippen molar-refractivity contribution in [2.75, 3.05) is 13.2 Å². The quantitative estimate of drug-likeness (QED) is 0.722. The van der Waals surface area contributed by atoms with E-state index in [4.69, 9.17) is 22.2 Å². The van der Waals surface area contributed by atoms with Gasteiger partial charge in [-0.1, -0.05) is 11.6 Å². The minimum absolute atomic E-state index is 0.0492. The van der Waals surface area contributed by atoms with E-state index >= 15 is 0 Å². The summed E-state index contributed by atoms with van der Waals surface area (Å²) >= 11 is 5.68. The Balaban J connectivity index is 2.34. The predicted molar refractivity (Wildman–Crippen MR) is 53.1 cm³/mol. The fourth-order valence-corrected chi connectivity index (χ4v) is 1.01. The average molecular weight is 218 g/mol. The second-order valence-electron chi connectivity index (χ2n) is 2.75. The van der Waals surface area contributed by atoms with Gasteiger partial charge in [0.1, 0.15) is 18.5 Å². The van der Waals surface area contributed by atoms with Crippen molar-refractivity contribution < 1.29 is 14.7 Å². The van der Waals surface area contributed by atoms with Gasteiger partial charge in [0.05, 0.1) is 6.61 Å². The Kier molecular flexibility index (Phi) is 4.69. The van der Waals surface area contributed by atoms with Crippen LogP contribution in [0.2, 0.25) is 5.02 Å². The van der Waals surface area contributed by atoms with Crippen LogP contribution < -0.4 is 10.6 Å². The Bertz CT molecular complexity index is 265. The normalized spacial score (nSPS) is 12.5. The highest BCUT2D eigenvalue weighted by molar-refractivity contribution is 6.30. The lowest BCUT2D eigenvalue weighted by atomic mass is 10.3. The molecule has 5 heteroatoms. The molecule has 0 heterocycles. The molecule has 0 aliphatic heterocycles. The van der Waals surface area contributed by atoms with Gasteiger partial charge in [-0.15, -0.1) is 0 Å². The van der Waals surface area contributed by atoms with E-state index in [1.54, 1.807) is 24.3 Å². The van der Waals surface area contributed by atoms with Crippen molar-refractivity contribution in [3.63, 3.8) is 0 Å². The number of hydrogen-bond donors (Lipinski definition) is 2. The van der Waals surface area contributed by atoms with Crippen LogP contribution >= 0.6 is 11.6 Å². The van der Waals surface area contributed by atoms with Crippen LogP contribution in [0.1, 0.15) is 0 Å². The molecule has 78 valence electrons. The van der Waals surface area contributed by atoms with Crippen LogP contribution in [0.4, 0.5) is 0 Å². The van der Waals surface area contributed by atoms with Gasteiger partial charge in [0.15, 0.2) is 0 Å². The van der Waals surface area contributed by atoms with E-state index in [0.29, 0.717) is 10.8 Å². The first kappa shape index (κ1) is 11.3. The van der Waals surface area contributed by atoms with Crippen molar-refractivity contribution in [2.24, 2.45) is 5.90 Å². The van der Waals surface area contributed by atoms with Gasteiger partial charge >= 0.3 is 0 Å². The molecule has 3 N–H and O–H groups in total. The summed E-state index contributed by atoms with van der Waals surface area (Å²) in [5.41, 5.74) is 0. The summed E-state index contributed by atoms with van der Waals surface area (Å²) in [7, 11) is 0. The molecule has 0 spiro atoms. The molecule has 1 rings (SSSR count). The van der Waals surface area contributed by atoms with Gasteiger partial charge in [-0.25, -0.2) is 5.90 Å². The zero-order valence-corrected chi connectivity index (χ0v) is 8.28. The molecule has 0 bridgehead atoms. The Hall–Kier alpha value is -0.810. The molecule has 0 aromatic heterocycles. The number of aliphatic hydroxyl groups is 1. The maximum atomic E-state index is 9.21. The lowest BCUT2D eigenvalue weighted by molar-refractivity contribution is 0.0116. The summed E-state index contributed by atoms with van der Waals surface area (Å²) in [4.78, 5) is 4.26. The molecule has 4 nitrogen and oxygen atoms in total. The second kappa shape index (κ2) is 5.82. The predicted octanol–water partition coefficient (Wildman–Crippen LogP) is 0.970. The summed E-state index contributed by atoms with van der Waals surface area (Å²) in [5, 5.41) is 9.85. The van der Waals surface area contributed by atoms with Crippen LogP contribution in [0, 0.1) is 0 Å². The number of benzene rings is 1. The summed E-state index contributed by atoms with van der Waals surface area (Å²) in [6.45, 7) is 0.187. The zero-order valence-electron chi connectivity index (χ0n) is 7.52. The minimum atomic E-state index is -0.726. The fourth-order valence-electron chi connectivity index (χ4n) is 0.882. The third-order valence-electron chi connectivity index (χ3n) is 1.54. The molecule has 0 aliphatic carbocycles. The lowest BCUT2D eigenvalue weighted by Gasteiger charge is -2.10. The molecule has 0 radical (unpaired) electrons. The molecule has 0 fully saturated rings.